The number of aromatic nitrogens is 3. The van der Waals surface area contributed by atoms with Gasteiger partial charge in [0.15, 0.2) is 17.2 Å². The van der Waals surface area contributed by atoms with E-state index in [1.165, 1.54) is 43.7 Å². The van der Waals surface area contributed by atoms with Gasteiger partial charge in [-0.05, 0) is 18.6 Å². The summed E-state index contributed by atoms with van der Waals surface area (Å²) in [4.78, 5) is 30.7. The van der Waals surface area contributed by atoms with E-state index in [0.717, 1.165) is 18.6 Å². The van der Waals surface area contributed by atoms with E-state index in [1.807, 2.05) is 18.2 Å². The predicted octanol–water partition coefficient (Wildman–Crippen LogP) is 5.46. The number of thioether (sulfide) groups is 1. The second kappa shape index (κ2) is 11.1. The highest BCUT2D eigenvalue weighted by molar-refractivity contribution is 7.99. The Kier molecular flexibility index (Phi) is 7.95. The average molecular weight is 529 g/mol. The van der Waals surface area contributed by atoms with E-state index in [2.05, 4.69) is 22.1 Å². The van der Waals surface area contributed by atoms with Crippen LogP contribution < -0.4 is 19.1 Å². The minimum absolute atomic E-state index is 0.154. The Labute approximate surface area is 218 Å². The van der Waals surface area contributed by atoms with Crippen molar-refractivity contribution in [3.63, 3.8) is 0 Å². The van der Waals surface area contributed by atoms with Gasteiger partial charge in [0, 0.05) is 36.8 Å². The van der Waals surface area contributed by atoms with Crippen molar-refractivity contribution in [3.05, 3.63) is 47.0 Å². The summed E-state index contributed by atoms with van der Waals surface area (Å²) < 4.78 is 17.0. The molecule has 0 N–H and O–H groups in total. The number of nitrogens with zero attached hydrogens (tertiary/aromatic N) is 4. The van der Waals surface area contributed by atoms with Gasteiger partial charge in [0.2, 0.25) is 23.2 Å². The van der Waals surface area contributed by atoms with Crippen molar-refractivity contribution < 1.29 is 23.8 Å². The van der Waals surface area contributed by atoms with Gasteiger partial charge in [-0.25, -0.2) is 0 Å². The van der Waals surface area contributed by atoms with Crippen molar-refractivity contribution >= 4 is 40.9 Å². The minimum Gasteiger partial charge on any atom is -0.493 e. The summed E-state index contributed by atoms with van der Waals surface area (Å²) in [6.45, 7) is 4.83. The lowest BCUT2D eigenvalue weighted by molar-refractivity contribution is -0.132. The van der Waals surface area contributed by atoms with Crippen LogP contribution in [0.5, 0.6) is 17.4 Å². The molecule has 2 heterocycles. The van der Waals surface area contributed by atoms with Crippen molar-refractivity contribution in [3.8, 4) is 28.6 Å². The Hall–Kier alpha value is -3.37. The number of carbonyl (C=O) groups is 2. The SMILES string of the molecule is CCCCSc1nnc2c(n1)OC(c1cc(OC)c(OC(C)=O)cc1Cl)N(C(C)=O)c1ccccc1-2. The number of methoxy groups -OCH3 is 1. The Bertz CT molecular complexity index is 1310. The number of hydrogen-bond acceptors (Lipinski definition) is 9. The number of esters is 1. The van der Waals surface area contributed by atoms with Gasteiger partial charge in [0.25, 0.3) is 0 Å². The summed E-state index contributed by atoms with van der Waals surface area (Å²) in [5.41, 5.74) is 2.05. The van der Waals surface area contributed by atoms with E-state index in [4.69, 9.17) is 25.8 Å². The predicted molar refractivity (Wildman–Crippen MR) is 137 cm³/mol. The molecule has 2 aromatic carbocycles. The lowest BCUT2D eigenvalue weighted by Crippen LogP contribution is -2.36. The normalized spacial score (nSPS) is 14.2. The first kappa shape index (κ1) is 25.7. The maximum atomic E-state index is 13.0. The molecule has 0 saturated carbocycles. The number of rotatable bonds is 7. The molecular formula is C25H25ClN4O5S. The Morgan fingerprint density at radius 1 is 1.17 bits per heavy atom. The van der Waals surface area contributed by atoms with E-state index in [0.29, 0.717) is 27.7 Å². The summed E-state index contributed by atoms with van der Waals surface area (Å²) in [6.07, 6.45) is 1.05. The molecule has 1 aliphatic rings. The van der Waals surface area contributed by atoms with E-state index < -0.39 is 12.2 Å². The molecule has 1 aromatic heterocycles. The summed E-state index contributed by atoms with van der Waals surface area (Å²) in [5.74, 6) is 0.672. The number of fused-ring (bicyclic) bond motifs is 3. The topological polar surface area (TPSA) is 104 Å². The van der Waals surface area contributed by atoms with Crippen molar-refractivity contribution in [1.29, 1.82) is 0 Å². The lowest BCUT2D eigenvalue weighted by atomic mass is 10.1. The lowest BCUT2D eigenvalue weighted by Gasteiger charge is -2.30. The second-order valence-electron chi connectivity index (χ2n) is 7.94. The molecule has 0 bridgehead atoms. The van der Waals surface area contributed by atoms with Crippen LogP contribution in [0.2, 0.25) is 5.02 Å². The molecule has 0 saturated heterocycles. The van der Waals surface area contributed by atoms with Crippen molar-refractivity contribution in [1.82, 2.24) is 15.2 Å². The fourth-order valence-corrected chi connectivity index (χ4v) is 4.87. The van der Waals surface area contributed by atoms with Crippen LogP contribution in [-0.4, -0.2) is 39.9 Å². The average Bonchev–Trinajstić information content (AvgIpc) is 2.98. The van der Waals surface area contributed by atoms with Crippen LogP contribution in [0.3, 0.4) is 0 Å². The molecule has 9 nitrogen and oxygen atoms in total. The molecule has 4 rings (SSSR count). The minimum atomic E-state index is -1.01. The first-order valence-electron chi connectivity index (χ1n) is 11.3. The van der Waals surface area contributed by atoms with Crippen molar-refractivity contribution in [2.45, 2.75) is 45.0 Å². The zero-order valence-corrected chi connectivity index (χ0v) is 21.9. The van der Waals surface area contributed by atoms with Crippen LogP contribution in [0.25, 0.3) is 11.3 Å². The first-order chi connectivity index (χ1) is 17.3. The highest BCUT2D eigenvalue weighted by Gasteiger charge is 2.36. The number of para-hydroxylation sites is 1. The van der Waals surface area contributed by atoms with Gasteiger partial charge >= 0.3 is 5.97 Å². The third kappa shape index (κ3) is 5.24. The summed E-state index contributed by atoms with van der Waals surface area (Å²) >= 11 is 8.14. The van der Waals surface area contributed by atoms with Crippen LogP contribution in [0, 0.1) is 0 Å². The van der Waals surface area contributed by atoms with Crippen LogP contribution >= 0.6 is 23.4 Å². The molecule has 0 aliphatic carbocycles. The molecule has 1 unspecified atom stereocenters. The van der Waals surface area contributed by atoms with Gasteiger partial charge in [0.05, 0.1) is 17.8 Å². The highest BCUT2D eigenvalue weighted by atomic mass is 35.5. The zero-order valence-electron chi connectivity index (χ0n) is 20.3. The number of hydrogen-bond donors (Lipinski definition) is 0. The summed E-state index contributed by atoms with van der Waals surface area (Å²) in [5, 5.41) is 9.38. The smallest absolute Gasteiger partial charge is 0.308 e. The van der Waals surface area contributed by atoms with E-state index in [1.54, 1.807) is 12.1 Å². The third-order valence-corrected chi connectivity index (χ3v) is 6.63. The van der Waals surface area contributed by atoms with Gasteiger partial charge in [-0.3, -0.25) is 14.5 Å². The number of unbranched alkanes of at least 4 members (excludes halogenated alkanes) is 1. The molecule has 3 aromatic rings. The summed E-state index contributed by atoms with van der Waals surface area (Å²) in [6, 6.07) is 10.3. The van der Waals surface area contributed by atoms with E-state index >= 15 is 0 Å². The second-order valence-corrected chi connectivity index (χ2v) is 9.41. The number of amides is 1. The molecular weight excluding hydrogens is 504 g/mol. The van der Waals surface area contributed by atoms with Crippen LogP contribution in [0.15, 0.2) is 41.6 Å². The number of anilines is 1. The van der Waals surface area contributed by atoms with Gasteiger partial charge < -0.3 is 14.2 Å². The van der Waals surface area contributed by atoms with Crippen LogP contribution in [-0.2, 0) is 9.59 Å². The van der Waals surface area contributed by atoms with Gasteiger partial charge in [-0.1, -0.05) is 54.9 Å². The number of halogens is 1. The standard InChI is InChI=1S/C25H25ClN4O5S/c1-5-6-11-36-25-27-23-22(28-29-25)16-9-7-8-10-19(16)30(14(2)31)24(35-23)17-12-20(33-4)21(13-18(17)26)34-15(3)32/h7-10,12-13,24H,5-6,11H2,1-4H3. The highest BCUT2D eigenvalue weighted by Crippen LogP contribution is 2.46. The maximum absolute atomic E-state index is 13.0. The maximum Gasteiger partial charge on any atom is 0.308 e. The van der Waals surface area contributed by atoms with Crippen molar-refractivity contribution in [2.75, 3.05) is 17.8 Å². The van der Waals surface area contributed by atoms with Gasteiger partial charge in [-0.15, -0.1) is 10.2 Å². The zero-order chi connectivity index (χ0) is 25.8. The fourth-order valence-electron chi connectivity index (χ4n) is 3.76. The molecule has 0 fully saturated rings. The molecule has 11 heteroatoms. The quantitative estimate of drug-likeness (QED) is 0.171. The monoisotopic (exact) mass is 528 g/mol. The molecule has 0 spiro atoms. The summed E-state index contributed by atoms with van der Waals surface area (Å²) in [7, 11) is 1.44. The van der Waals surface area contributed by atoms with Crippen molar-refractivity contribution in [2.24, 2.45) is 0 Å². The molecule has 1 aliphatic heterocycles. The number of benzene rings is 2. The van der Waals surface area contributed by atoms with Gasteiger partial charge in [0.1, 0.15) is 0 Å². The Morgan fingerprint density at radius 3 is 2.64 bits per heavy atom. The third-order valence-electron chi connectivity index (χ3n) is 5.38. The van der Waals surface area contributed by atoms with E-state index in [-0.39, 0.29) is 28.3 Å². The largest absolute Gasteiger partial charge is 0.493 e. The molecule has 1 atom stereocenters. The fraction of sp³-hybridized carbons (Fsp3) is 0.320. The van der Waals surface area contributed by atoms with E-state index in [9.17, 15) is 9.59 Å². The first-order valence-corrected chi connectivity index (χ1v) is 12.7. The Balaban J connectivity index is 1.88. The molecule has 188 valence electrons. The van der Waals surface area contributed by atoms with Crippen LogP contribution in [0.4, 0.5) is 5.69 Å². The molecule has 0 radical (unpaired) electrons. The molecule has 1 amide bonds. The number of ether oxygens (including phenoxy) is 3. The Morgan fingerprint density at radius 2 is 1.94 bits per heavy atom. The van der Waals surface area contributed by atoms with Crippen LogP contribution in [0.1, 0.15) is 45.4 Å². The molecule has 36 heavy (non-hydrogen) atoms. The number of carbonyl (C=O) groups excluding carboxylic acids is 2. The van der Waals surface area contributed by atoms with Gasteiger partial charge in [-0.2, -0.15) is 4.98 Å².